The molecule has 0 radical (unpaired) electrons. The standard InChI is InChI=1S/C25H28N8O3S/c1-15-19(9-16(10-26-15)30-21(34)13-27-25(2)5-3-6-25)31-22(35)18-12-29-33-14-20(37-24(18)33)17-11-28-32-7-4-8-36-23(17)32/h9-12,14,27H,3-8,13H2,1-2H3,(H,30,34)(H,31,35). The fraction of sp³-hybridized carbons (Fsp3) is 0.400. The molecule has 0 saturated heterocycles. The van der Waals surface area contributed by atoms with E-state index in [1.54, 1.807) is 36.1 Å². The van der Waals surface area contributed by atoms with Crippen LogP contribution in [0.4, 0.5) is 11.4 Å². The molecule has 5 heterocycles. The molecule has 192 valence electrons. The number of ether oxygens (including phenoxy) is 1. The summed E-state index contributed by atoms with van der Waals surface area (Å²) in [6.45, 7) is 5.66. The molecule has 6 rings (SSSR count). The van der Waals surface area contributed by atoms with Crippen molar-refractivity contribution in [3.63, 3.8) is 0 Å². The second-order valence-electron chi connectivity index (χ2n) is 9.82. The van der Waals surface area contributed by atoms with E-state index < -0.39 is 0 Å². The highest BCUT2D eigenvalue weighted by Gasteiger charge is 2.31. The van der Waals surface area contributed by atoms with Gasteiger partial charge in [-0.2, -0.15) is 10.2 Å². The lowest BCUT2D eigenvalue weighted by molar-refractivity contribution is -0.115. The molecule has 4 aromatic heterocycles. The summed E-state index contributed by atoms with van der Waals surface area (Å²) in [5.41, 5.74) is 3.08. The number of fused-ring (bicyclic) bond motifs is 2. The number of nitrogens with zero attached hydrogens (tertiary/aromatic N) is 5. The van der Waals surface area contributed by atoms with Crippen LogP contribution in [0.1, 0.15) is 48.7 Å². The Balaban J connectivity index is 1.17. The number of carbonyl (C=O) groups is 2. The minimum atomic E-state index is -0.301. The number of carbonyl (C=O) groups excluding carboxylic acids is 2. The van der Waals surface area contributed by atoms with Crippen LogP contribution in [0.3, 0.4) is 0 Å². The average Bonchev–Trinajstić information content (AvgIpc) is 3.57. The number of aromatic nitrogens is 5. The van der Waals surface area contributed by atoms with E-state index in [2.05, 4.69) is 38.1 Å². The molecule has 0 atom stereocenters. The number of hydrogen-bond donors (Lipinski definition) is 3. The van der Waals surface area contributed by atoms with Crippen molar-refractivity contribution < 1.29 is 14.3 Å². The Morgan fingerprint density at radius 2 is 2.03 bits per heavy atom. The molecule has 0 spiro atoms. The maximum Gasteiger partial charge on any atom is 0.260 e. The molecule has 1 aliphatic heterocycles. The third-order valence-corrected chi connectivity index (χ3v) is 8.15. The largest absolute Gasteiger partial charge is 0.477 e. The first kappa shape index (κ1) is 23.6. The lowest BCUT2D eigenvalue weighted by Gasteiger charge is -2.39. The van der Waals surface area contributed by atoms with Crippen LogP contribution < -0.4 is 20.7 Å². The van der Waals surface area contributed by atoms with Gasteiger partial charge in [-0.15, -0.1) is 11.3 Å². The van der Waals surface area contributed by atoms with Gasteiger partial charge in [-0.05, 0) is 39.2 Å². The van der Waals surface area contributed by atoms with Crippen molar-refractivity contribution in [2.75, 3.05) is 23.8 Å². The summed E-state index contributed by atoms with van der Waals surface area (Å²) < 4.78 is 9.38. The third kappa shape index (κ3) is 4.58. The molecule has 37 heavy (non-hydrogen) atoms. The lowest BCUT2D eigenvalue weighted by Crippen LogP contribution is -2.50. The van der Waals surface area contributed by atoms with Crippen molar-refractivity contribution in [2.24, 2.45) is 0 Å². The van der Waals surface area contributed by atoms with Crippen LogP contribution in [0.25, 0.3) is 15.3 Å². The van der Waals surface area contributed by atoms with E-state index in [4.69, 9.17) is 4.74 Å². The number of anilines is 2. The number of rotatable bonds is 7. The molecular formula is C25H28N8O3S. The molecule has 0 bridgehead atoms. The van der Waals surface area contributed by atoms with Crippen LogP contribution in [0.15, 0.2) is 30.9 Å². The number of nitrogens with one attached hydrogen (secondary N) is 3. The fourth-order valence-corrected chi connectivity index (χ4v) is 5.66. The summed E-state index contributed by atoms with van der Waals surface area (Å²) in [5, 5.41) is 17.9. The average molecular weight is 521 g/mol. The molecule has 2 aliphatic rings. The van der Waals surface area contributed by atoms with Crippen LogP contribution in [-0.2, 0) is 11.3 Å². The van der Waals surface area contributed by atoms with E-state index >= 15 is 0 Å². The van der Waals surface area contributed by atoms with E-state index in [9.17, 15) is 9.59 Å². The van der Waals surface area contributed by atoms with Gasteiger partial charge < -0.3 is 20.7 Å². The number of pyridine rings is 1. The van der Waals surface area contributed by atoms with E-state index in [1.807, 2.05) is 10.9 Å². The van der Waals surface area contributed by atoms with Gasteiger partial charge in [0.25, 0.3) is 5.91 Å². The zero-order valence-electron chi connectivity index (χ0n) is 20.7. The number of thiazole rings is 1. The van der Waals surface area contributed by atoms with Crippen LogP contribution in [0.2, 0.25) is 0 Å². The smallest absolute Gasteiger partial charge is 0.260 e. The summed E-state index contributed by atoms with van der Waals surface area (Å²) in [4.78, 5) is 31.7. The first-order valence-corrected chi connectivity index (χ1v) is 13.2. The predicted molar refractivity (Wildman–Crippen MR) is 140 cm³/mol. The summed E-state index contributed by atoms with van der Waals surface area (Å²) >= 11 is 1.46. The highest BCUT2D eigenvalue weighted by molar-refractivity contribution is 7.21. The van der Waals surface area contributed by atoms with E-state index in [-0.39, 0.29) is 23.9 Å². The number of amides is 2. The van der Waals surface area contributed by atoms with Crippen LogP contribution >= 0.6 is 11.3 Å². The van der Waals surface area contributed by atoms with Gasteiger partial charge in [0.15, 0.2) is 0 Å². The Hall–Kier alpha value is -3.77. The molecule has 3 N–H and O–H groups in total. The Bertz CT molecular complexity index is 1500. The van der Waals surface area contributed by atoms with Gasteiger partial charge in [0.2, 0.25) is 11.8 Å². The predicted octanol–water partition coefficient (Wildman–Crippen LogP) is 3.47. The fourth-order valence-electron chi connectivity index (χ4n) is 4.60. The van der Waals surface area contributed by atoms with Crippen molar-refractivity contribution in [2.45, 2.75) is 51.6 Å². The summed E-state index contributed by atoms with van der Waals surface area (Å²) in [5.74, 6) is 0.302. The van der Waals surface area contributed by atoms with Gasteiger partial charge in [0.1, 0.15) is 4.83 Å². The van der Waals surface area contributed by atoms with Crippen LogP contribution in [0, 0.1) is 6.92 Å². The normalized spacial score (nSPS) is 16.1. The number of aryl methyl sites for hydroxylation is 2. The second kappa shape index (κ2) is 9.27. The first-order valence-electron chi connectivity index (χ1n) is 12.4. The van der Waals surface area contributed by atoms with E-state index in [1.165, 1.54) is 17.8 Å². The molecule has 2 amide bonds. The van der Waals surface area contributed by atoms with Gasteiger partial charge >= 0.3 is 0 Å². The maximum absolute atomic E-state index is 13.2. The van der Waals surface area contributed by atoms with Crippen LogP contribution in [-0.4, -0.2) is 54.9 Å². The highest BCUT2D eigenvalue weighted by atomic mass is 32.1. The number of hydrogen-bond acceptors (Lipinski definition) is 8. The molecular weight excluding hydrogens is 492 g/mol. The minimum absolute atomic E-state index is 0.0468. The van der Waals surface area contributed by atoms with Crippen molar-refractivity contribution in [1.82, 2.24) is 29.7 Å². The zero-order chi connectivity index (χ0) is 25.6. The minimum Gasteiger partial charge on any atom is -0.477 e. The molecule has 12 heteroatoms. The van der Waals surface area contributed by atoms with Gasteiger partial charge in [-0.1, -0.05) is 0 Å². The van der Waals surface area contributed by atoms with Gasteiger partial charge in [-0.25, -0.2) is 9.20 Å². The van der Waals surface area contributed by atoms with Crippen molar-refractivity contribution in [3.8, 4) is 16.3 Å². The van der Waals surface area contributed by atoms with Gasteiger partial charge in [0, 0.05) is 24.7 Å². The summed E-state index contributed by atoms with van der Waals surface area (Å²) in [6, 6.07) is 1.72. The molecule has 11 nitrogen and oxygen atoms in total. The monoisotopic (exact) mass is 520 g/mol. The van der Waals surface area contributed by atoms with Crippen LogP contribution in [0.5, 0.6) is 5.88 Å². The first-order chi connectivity index (χ1) is 17.9. The topological polar surface area (TPSA) is 127 Å². The van der Waals surface area contributed by atoms with E-state index in [0.29, 0.717) is 34.1 Å². The molecule has 4 aromatic rings. The quantitative estimate of drug-likeness (QED) is 0.340. The van der Waals surface area contributed by atoms with Gasteiger partial charge in [0.05, 0.1) is 64.8 Å². The SMILES string of the molecule is Cc1ncc(NC(=O)CNC2(C)CCC2)cc1NC(=O)c1cnn2cc(-c3cnn4c3OCCC4)sc12. The highest BCUT2D eigenvalue weighted by Crippen LogP contribution is 2.37. The van der Waals surface area contributed by atoms with Crippen molar-refractivity contribution >= 4 is 39.4 Å². The zero-order valence-corrected chi connectivity index (χ0v) is 21.5. The molecule has 1 saturated carbocycles. The summed E-state index contributed by atoms with van der Waals surface area (Å²) in [6.07, 6.45) is 11.1. The molecule has 0 unspecified atom stereocenters. The Labute approximate surface area is 217 Å². The molecule has 0 aromatic carbocycles. The molecule has 1 fully saturated rings. The van der Waals surface area contributed by atoms with Crippen molar-refractivity contribution in [1.29, 1.82) is 0 Å². The van der Waals surface area contributed by atoms with Gasteiger partial charge in [-0.3, -0.25) is 14.6 Å². The Morgan fingerprint density at radius 3 is 2.84 bits per heavy atom. The van der Waals surface area contributed by atoms with E-state index in [0.717, 1.165) is 42.1 Å². The Morgan fingerprint density at radius 1 is 1.16 bits per heavy atom. The molecule has 1 aliphatic carbocycles. The summed E-state index contributed by atoms with van der Waals surface area (Å²) in [7, 11) is 0. The Kier molecular flexibility index (Phi) is 5.92. The second-order valence-corrected chi connectivity index (χ2v) is 10.8. The lowest BCUT2D eigenvalue weighted by atomic mass is 9.78. The van der Waals surface area contributed by atoms with Crippen molar-refractivity contribution in [3.05, 3.63) is 42.1 Å². The third-order valence-electron chi connectivity index (χ3n) is 7.00. The maximum atomic E-state index is 13.2.